The first kappa shape index (κ1) is 12.7. The van der Waals surface area contributed by atoms with E-state index in [0.29, 0.717) is 23.1 Å². The number of hydrogen-bond donors (Lipinski definition) is 1. The van der Waals surface area contributed by atoms with Crippen molar-refractivity contribution in [2.45, 2.75) is 6.61 Å². The molecule has 2 N–H and O–H groups in total. The minimum atomic E-state index is 0.431. The molecular formula is C15H12ClN3O. The molecule has 0 fully saturated rings. The Hall–Kier alpha value is -2.33. The summed E-state index contributed by atoms with van der Waals surface area (Å²) in [5, 5.41) is 1.60. The van der Waals surface area contributed by atoms with Crippen molar-refractivity contribution in [3.8, 4) is 5.75 Å². The van der Waals surface area contributed by atoms with Crippen LogP contribution in [0.3, 0.4) is 0 Å². The molecule has 0 saturated heterocycles. The smallest absolute Gasteiger partial charge is 0.143 e. The molecule has 20 heavy (non-hydrogen) atoms. The summed E-state index contributed by atoms with van der Waals surface area (Å²) in [5.74, 6) is 0.627. The topological polar surface area (TPSA) is 61.0 Å². The van der Waals surface area contributed by atoms with Gasteiger partial charge in [-0.05, 0) is 29.8 Å². The fraction of sp³-hybridized carbons (Fsp3) is 0.0667. The number of ether oxygens (including phenoxy) is 1. The number of fused-ring (bicyclic) bond motifs is 1. The van der Waals surface area contributed by atoms with Gasteiger partial charge in [0.15, 0.2) is 0 Å². The highest BCUT2D eigenvalue weighted by molar-refractivity contribution is 6.30. The maximum absolute atomic E-state index is 5.97. The lowest BCUT2D eigenvalue weighted by Crippen LogP contribution is -1.99. The summed E-state index contributed by atoms with van der Waals surface area (Å²) in [4.78, 5) is 8.14. The van der Waals surface area contributed by atoms with Crippen LogP contribution in [0.4, 0.5) is 5.69 Å². The van der Waals surface area contributed by atoms with E-state index in [1.54, 1.807) is 12.3 Å². The van der Waals surface area contributed by atoms with Crippen molar-refractivity contribution in [2.24, 2.45) is 0 Å². The molecule has 0 aliphatic carbocycles. The lowest BCUT2D eigenvalue weighted by molar-refractivity contribution is 0.308. The molecule has 4 nitrogen and oxygen atoms in total. The Bertz CT molecular complexity index is 744. The van der Waals surface area contributed by atoms with Gasteiger partial charge in [0, 0.05) is 16.6 Å². The number of anilines is 1. The Morgan fingerprint density at radius 1 is 1.15 bits per heavy atom. The fourth-order valence-corrected chi connectivity index (χ4v) is 2.02. The van der Waals surface area contributed by atoms with Crippen molar-refractivity contribution in [3.63, 3.8) is 0 Å². The van der Waals surface area contributed by atoms with Crippen LogP contribution in [0.15, 0.2) is 48.9 Å². The molecule has 0 unspecified atom stereocenters. The van der Waals surface area contributed by atoms with E-state index in [0.717, 1.165) is 16.5 Å². The summed E-state index contributed by atoms with van der Waals surface area (Å²) in [7, 11) is 0. The van der Waals surface area contributed by atoms with Crippen LogP contribution < -0.4 is 10.5 Å². The summed E-state index contributed by atoms with van der Waals surface area (Å²) in [6.45, 7) is 0.431. The third-order valence-corrected chi connectivity index (χ3v) is 3.20. The first-order valence-electron chi connectivity index (χ1n) is 6.09. The number of nitrogen functional groups attached to an aromatic ring is 1. The highest BCUT2D eigenvalue weighted by Crippen LogP contribution is 2.27. The zero-order valence-corrected chi connectivity index (χ0v) is 11.3. The second kappa shape index (κ2) is 5.35. The van der Waals surface area contributed by atoms with Gasteiger partial charge < -0.3 is 10.5 Å². The molecule has 3 rings (SSSR count). The molecule has 3 aromatic rings. The van der Waals surface area contributed by atoms with E-state index >= 15 is 0 Å². The number of halogens is 1. The largest absolute Gasteiger partial charge is 0.487 e. The quantitative estimate of drug-likeness (QED) is 0.749. The molecule has 0 radical (unpaired) electrons. The lowest BCUT2D eigenvalue weighted by atomic mass is 10.2. The number of hydrogen-bond acceptors (Lipinski definition) is 4. The van der Waals surface area contributed by atoms with Gasteiger partial charge in [-0.25, -0.2) is 9.97 Å². The number of nitrogens with two attached hydrogens (primary N) is 1. The molecule has 0 aliphatic heterocycles. The summed E-state index contributed by atoms with van der Waals surface area (Å²) < 4.78 is 5.75. The minimum Gasteiger partial charge on any atom is -0.487 e. The zero-order chi connectivity index (χ0) is 13.9. The summed E-state index contributed by atoms with van der Waals surface area (Å²) >= 11 is 5.84. The second-order valence-corrected chi connectivity index (χ2v) is 4.82. The second-order valence-electron chi connectivity index (χ2n) is 4.39. The van der Waals surface area contributed by atoms with Crippen LogP contribution >= 0.6 is 11.6 Å². The van der Waals surface area contributed by atoms with E-state index in [4.69, 9.17) is 22.1 Å². The van der Waals surface area contributed by atoms with E-state index in [9.17, 15) is 0 Å². The third kappa shape index (κ3) is 2.65. The predicted octanol–water partition coefficient (Wildman–Crippen LogP) is 3.44. The van der Waals surface area contributed by atoms with Gasteiger partial charge in [-0.3, -0.25) is 0 Å². The van der Waals surface area contributed by atoms with Gasteiger partial charge in [-0.15, -0.1) is 0 Å². The molecule has 0 aliphatic rings. The van der Waals surface area contributed by atoms with Gasteiger partial charge in [0.1, 0.15) is 18.7 Å². The standard InChI is InChI=1S/C15H12ClN3O/c16-12-3-1-10(2-4-12)8-20-15-5-11-7-18-9-19-14(11)6-13(15)17/h1-7,9H,8,17H2. The average molecular weight is 286 g/mol. The van der Waals surface area contributed by atoms with E-state index < -0.39 is 0 Å². The molecule has 0 spiro atoms. The van der Waals surface area contributed by atoms with Crippen LogP contribution in [0, 0.1) is 0 Å². The molecular weight excluding hydrogens is 274 g/mol. The molecule has 0 saturated carbocycles. The van der Waals surface area contributed by atoms with Crippen LogP contribution in [0.1, 0.15) is 5.56 Å². The zero-order valence-electron chi connectivity index (χ0n) is 10.6. The monoisotopic (exact) mass is 285 g/mol. The van der Waals surface area contributed by atoms with Crippen LogP contribution in [0.5, 0.6) is 5.75 Å². The van der Waals surface area contributed by atoms with E-state index in [1.165, 1.54) is 6.33 Å². The number of benzene rings is 2. The number of nitrogens with zero attached hydrogens (tertiary/aromatic N) is 2. The molecule has 2 aromatic carbocycles. The highest BCUT2D eigenvalue weighted by Gasteiger charge is 2.05. The molecule has 1 heterocycles. The lowest BCUT2D eigenvalue weighted by Gasteiger charge is -2.10. The molecule has 1 aromatic heterocycles. The maximum atomic E-state index is 5.97. The predicted molar refractivity (Wildman–Crippen MR) is 79.7 cm³/mol. The van der Waals surface area contributed by atoms with Crippen molar-refractivity contribution >= 4 is 28.2 Å². The van der Waals surface area contributed by atoms with E-state index in [-0.39, 0.29) is 0 Å². The van der Waals surface area contributed by atoms with Crippen molar-refractivity contribution in [3.05, 3.63) is 59.5 Å². The van der Waals surface area contributed by atoms with E-state index in [2.05, 4.69) is 9.97 Å². The van der Waals surface area contributed by atoms with Gasteiger partial charge in [0.2, 0.25) is 0 Å². The van der Waals surface area contributed by atoms with Crippen molar-refractivity contribution in [2.75, 3.05) is 5.73 Å². The Morgan fingerprint density at radius 3 is 2.75 bits per heavy atom. The molecule has 0 bridgehead atoms. The first-order valence-corrected chi connectivity index (χ1v) is 6.46. The Morgan fingerprint density at radius 2 is 1.95 bits per heavy atom. The van der Waals surface area contributed by atoms with Gasteiger partial charge in [-0.1, -0.05) is 23.7 Å². The van der Waals surface area contributed by atoms with Crippen molar-refractivity contribution < 1.29 is 4.74 Å². The SMILES string of the molecule is Nc1cc2ncncc2cc1OCc1ccc(Cl)cc1. The number of rotatable bonds is 3. The summed E-state index contributed by atoms with van der Waals surface area (Å²) in [6, 6.07) is 11.1. The fourth-order valence-electron chi connectivity index (χ4n) is 1.89. The van der Waals surface area contributed by atoms with Crippen molar-refractivity contribution in [1.82, 2.24) is 9.97 Å². The normalized spacial score (nSPS) is 10.7. The third-order valence-electron chi connectivity index (χ3n) is 2.94. The summed E-state index contributed by atoms with van der Waals surface area (Å²) in [6.07, 6.45) is 3.23. The minimum absolute atomic E-state index is 0.431. The molecule has 0 amide bonds. The van der Waals surface area contributed by atoms with Crippen LogP contribution in [-0.4, -0.2) is 9.97 Å². The Labute approximate surface area is 121 Å². The maximum Gasteiger partial charge on any atom is 0.143 e. The Kier molecular flexibility index (Phi) is 3.39. The average Bonchev–Trinajstić information content (AvgIpc) is 2.47. The van der Waals surface area contributed by atoms with Gasteiger partial charge >= 0.3 is 0 Å². The van der Waals surface area contributed by atoms with Gasteiger partial charge in [0.25, 0.3) is 0 Å². The van der Waals surface area contributed by atoms with E-state index in [1.807, 2.05) is 30.3 Å². The molecule has 0 atom stereocenters. The number of aromatic nitrogens is 2. The molecule has 5 heteroatoms. The van der Waals surface area contributed by atoms with Crippen LogP contribution in [0.2, 0.25) is 5.02 Å². The molecule has 100 valence electrons. The first-order chi connectivity index (χ1) is 9.72. The summed E-state index contributed by atoms with van der Waals surface area (Å²) in [5.41, 5.74) is 8.36. The van der Waals surface area contributed by atoms with Crippen LogP contribution in [0.25, 0.3) is 10.9 Å². The Balaban J connectivity index is 1.83. The highest BCUT2D eigenvalue weighted by atomic mass is 35.5. The van der Waals surface area contributed by atoms with Gasteiger partial charge in [0.05, 0.1) is 11.2 Å². The van der Waals surface area contributed by atoms with Crippen molar-refractivity contribution in [1.29, 1.82) is 0 Å². The van der Waals surface area contributed by atoms with Crippen LogP contribution in [-0.2, 0) is 6.61 Å². The van der Waals surface area contributed by atoms with Gasteiger partial charge in [-0.2, -0.15) is 0 Å².